The predicted molar refractivity (Wildman–Crippen MR) is 69.6 cm³/mol. The first-order valence-corrected chi connectivity index (χ1v) is 6.99. The summed E-state index contributed by atoms with van der Waals surface area (Å²) in [6.07, 6.45) is 4.93. The Balaban J connectivity index is 2.12. The Morgan fingerprint density at radius 3 is 3.31 bits per heavy atom. The van der Waals surface area contributed by atoms with Gasteiger partial charge in [-0.05, 0) is 24.6 Å². The van der Waals surface area contributed by atoms with E-state index in [9.17, 15) is 4.79 Å². The first-order chi connectivity index (χ1) is 7.75. The summed E-state index contributed by atoms with van der Waals surface area (Å²) in [5, 5.41) is 6.84. The van der Waals surface area contributed by atoms with Gasteiger partial charge in [-0.2, -0.15) is 0 Å². The van der Waals surface area contributed by atoms with E-state index in [1.165, 1.54) is 17.3 Å². The summed E-state index contributed by atoms with van der Waals surface area (Å²) in [7, 11) is 0. The topological polar surface area (TPSA) is 42.0 Å². The molecule has 3 nitrogen and oxygen atoms in total. The van der Waals surface area contributed by atoms with Crippen LogP contribution in [0.3, 0.4) is 0 Å². The minimum Gasteiger partial charge on any atom is -0.313 e. The molecule has 1 aliphatic heterocycles. The molecular weight excluding hydrogens is 240 g/mol. The van der Waals surface area contributed by atoms with Crippen molar-refractivity contribution in [2.45, 2.75) is 18.6 Å². The molecule has 0 aliphatic carbocycles. The molecule has 1 unspecified atom stereocenters. The largest absolute Gasteiger partial charge is 0.313 e. The van der Waals surface area contributed by atoms with Crippen LogP contribution in [0.15, 0.2) is 17.2 Å². The summed E-state index contributed by atoms with van der Waals surface area (Å²) in [6, 6.07) is 0. The highest BCUT2D eigenvalue weighted by atomic mass is 32.2. The number of carbonyl (C=O) groups excluding carboxylic acids is 1. The van der Waals surface area contributed by atoms with E-state index in [0.717, 1.165) is 24.5 Å². The Kier molecular flexibility index (Phi) is 4.15. The number of aromatic nitrogens is 1. The summed E-state index contributed by atoms with van der Waals surface area (Å²) in [5.74, 6) is 0. The molecule has 1 N–H and O–H groups in total. The molecule has 0 bridgehead atoms. The lowest BCUT2D eigenvalue weighted by atomic mass is 10.1. The van der Waals surface area contributed by atoms with Crippen molar-refractivity contribution in [3.63, 3.8) is 0 Å². The molecule has 5 heteroatoms. The van der Waals surface area contributed by atoms with Gasteiger partial charge in [-0.25, -0.2) is 4.98 Å². The van der Waals surface area contributed by atoms with Gasteiger partial charge in [-0.1, -0.05) is 11.8 Å². The van der Waals surface area contributed by atoms with Gasteiger partial charge in [0.25, 0.3) is 0 Å². The lowest BCUT2D eigenvalue weighted by Crippen LogP contribution is -2.32. The van der Waals surface area contributed by atoms with Crippen molar-refractivity contribution < 1.29 is 4.79 Å². The maximum atomic E-state index is 11.2. The number of nitrogens with zero attached hydrogens (tertiary/aromatic N) is 1. The second-order valence-corrected chi connectivity index (χ2v) is 5.96. The number of thiazole rings is 1. The predicted octanol–water partition coefficient (Wildman–Crippen LogP) is 2.17. The molecule has 2 heterocycles. The third-order valence-electron chi connectivity index (χ3n) is 2.39. The summed E-state index contributed by atoms with van der Waals surface area (Å²) in [4.78, 5) is 15.4. The monoisotopic (exact) mass is 254 g/mol. The molecule has 1 fully saturated rings. The summed E-state index contributed by atoms with van der Waals surface area (Å²) >= 11 is 3.06. The molecular formula is C11H14N2OS2. The van der Waals surface area contributed by atoms with Crippen molar-refractivity contribution in [1.29, 1.82) is 0 Å². The molecule has 1 saturated heterocycles. The average molecular weight is 254 g/mol. The van der Waals surface area contributed by atoms with Crippen LogP contribution in [0.1, 0.15) is 18.4 Å². The van der Waals surface area contributed by atoms with Crippen LogP contribution >= 0.6 is 23.1 Å². The van der Waals surface area contributed by atoms with E-state index in [-0.39, 0.29) is 5.12 Å². The maximum Gasteiger partial charge on any atom is 0.186 e. The minimum absolute atomic E-state index is 0.192. The van der Waals surface area contributed by atoms with Gasteiger partial charge >= 0.3 is 0 Å². The van der Waals surface area contributed by atoms with Crippen molar-refractivity contribution in [3.8, 4) is 0 Å². The van der Waals surface area contributed by atoms with Crippen molar-refractivity contribution in [1.82, 2.24) is 10.3 Å². The first-order valence-electron chi connectivity index (χ1n) is 5.23. The third kappa shape index (κ3) is 3.17. The van der Waals surface area contributed by atoms with Gasteiger partial charge in [0, 0.05) is 30.3 Å². The third-order valence-corrected chi connectivity index (χ3v) is 4.27. The number of hydrogen-bond donors (Lipinski definition) is 1. The van der Waals surface area contributed by atoms with Crippen LogP contribution in [-0.4, -0.2) is 28.4 Å². The van der Waals surface area contributed by atoms with Crippen LogP contribution in [0.5, 0.6) is 0 Å². The van der Waals surface area contributed by atoms with Gasteiger partial charge in [-0.3, -0.25) is 4.79 Å². The Labute approximate surface area is 103 Å². The molecule has 1 aliphatic rings. The van der Waals surface area contributed by atoms with Crippen molar-refractivity contribution in [2.24, 2.45) is 0 Å². The van der Waals surface area contributed by atoms with Crippen LogP contribution in [0.2, 0.25) is 0 Å². The van der Waals surface area contributed by atoms with E-state index in [4.69, 9.17) is 0 Å². The highest BCUT2D eigenvalue weighted by Gasteiger charge is 2.20. The number of rotatable bonds is 2. The molecule has 1 atom stereocenters. The van der Waals surface area contributed by atoms with E-state index < -0.39 is 0 Å². The quantitative estimate of drug-likeness (QED) is 0.878. The Morgan fingerprint density at radius 2 is 2.62 bits per heavy atom. The van der Waals surface area contributed by atoms with E-state index in [2.05, 4.69) is 16.4 Å². The van der Waals surface area contributed by atoms with Gasteiger partial charge < -0.3 is 5.32 Å². The van der Waals surface area contributed by atoms with E-state index in [1.54, 1.807) is 24.5 Å². The second kappa shape index (κ2) is 5.61. The van der Waals surface area contributed by atoms with Crippen molar-refractivity contribution in [3.05, 3.63) is 22.2 Å². The van der Waals surface area contributed by atoms with Crippen LogP contribution in [0.25, 0.3) is 6.08 Å². The smallest absolute Gasteiger partial charge is 0.186 e. The molecule has 0 amide bonds. The van der Waals surface area contributed by atoms with E-state index in [1.807, 2.05) is 5.38 Å². The SMILES string of the molecule is CC(=O)SC1CCNC/C1=C\c1nccs1. The van der Waals surface area contributed by atoms with Crippen LogP contribution < -0.4 is 5.32 Å². The zero-order valence-electron chi connectivity index (χ0n) is 9.10. The van der Waals surface area contributed by atoms with Gasteiger partial charge in [0.05, 0.1) is 0 Å². The Bertz CT molecular complexity index is 387. The summed E-state index contributed by atoms with van der Waals surface area (Å²) < 4.78 is 0. The number of thioether (sulfide) groups is 1. The van der Waals surface area contributed by atoms with Crippen LogP contribution in [0, 0.1) is 0 Å². The normalized spacial score (nSPS) is 23.6. The van der Waals surface area contributed by atoms with Gasteiger partial charge in [-0.15, -0.1) is 11.3 Å². The number of nitrogens with one attached hydrogen (secondary N) is 1. The fourth-order valence-electron chi connectivity index (χ4n) is 1.71. The average Bonchev–Trinajstić information content (AvgIpc) is 2.73. The zero-order valence-corrected chi connectivity index (χ0v) is 10.7. The first kappa shape index (κ1) is 11.8. The fourth-order valence-corrected chi connectivity index (χ4v) is 3.25. The molecule has 0 aromatic carbocycles. The lowest BCUT2D eigenvalue weighted by molar-refractivity contribution is -0.109. The molecule has 2 rings (SSSR count). The molecule has 1 aromatic rings. The number of carbonyl (C=O) groups is 1. The minimum atomic E-state index is 0.192. The summed E-state index contributed by atoms with van der Waals surface area (Å²) in [5.41, 5.74) is 1.28. The maximum absolute atomic E-state index is 11.2. The van der Waals surface area contributed by atoms with Crippen molar-refractivity contribution in [2.75, 3.05) is 13.1 Å². The van der Waals surface area contributed by atoms with Gasteiger partial charge in [0.1, 0.15) is 5.01 Å². The molecule has 0 spiro atoms. The highest BCUT2D eigenvalue weighted by molar-refractivity contribution is 8.14. The Morgan fingerprint density at radius 1 is 1.75 bits per heavy atom. The van der Waals surface area contributed by atoms with Crippen LogP contribution in [0.4, 0.5) is 0 Å². The van der Waals surface area contributed by atoms with Crippen LogP contribution in [-0.2, 0) is 4.79 Å². The number of hydrogen-bond acceptors (Lipinski definition) is 5. The highest BCUT2D eigenvalue weighted by Crippen LogP contribution is 2.27. The zero-order chi connectivity index (χ0) is 11.4. The second-order valence-electron chi connectivity index (χ2n) is 3.65. The lowest BCUT2D eigenvalue weighted by Gasteiger charge is -2.24. The van der Waals surface area contributed by atoms with Gasteiger partial charge in [0.15, 0.2) is 5.12 Å². The Hall–Kier alpha value is -0.650. The van der Waals surface area contributed by atoms with Crippen molar-refractivity contribution >= 4 is 34.3 Å². The fraction of sp³-hybridized carbons (Fsp3) is 0.455. The standard InChI is InChI=1S/C11H14N2OS2/c1-8(14)16-10-2-3-12-7-9(10)6-11-13-4-5-15-11/h4-6,10,12H,2-3,7H2,1H3/b9-6+. The molecule has 86 valence electrons. The van der Waals surface area contributed by atoms with E-state index in [0.29, 0.717) is 5.25 Å². The molecule has 1 aromatic heterocycles. The van der Waals surface area contributed by atoms with Gasteiger partial charge in [0.2, 0.25) is 0 Å². The number of piperidine rings is 1. The van der Waals surface area contributed by atoms with E-state index >= 15 is 0 Å². The molecule has 0 saturated carbocycles. The molecule has 16 heavy (non-hydrogen) atoms. The summed E-state index contributed by atoms with van der Waals surface area (Å²) in [6.45, 7) is 3.48. The molecule has 0 radical (unpaired) electrons.